The highest BCUT2D eigenvalue weighted by Crippen LogP contribution is 2.10. The Bertz CT molecular complexity index is 354. The third kappa shape index (κ3) is 5.45. The number of hydrogen-bond acceptors (Lipinski definition) is 3. The zero-order valence-electron chi connectivity index (χ0n) is 12.2. The molecule has 0 spiro atoms. The first-order chi connectivity index (χ1) is 9.56. The van der Waals surface area contributed by atoms with Crippen LogP contribution < -0.4 is 11.1 Å². The zero-order valence-corrected chi connectivity index (χ0v) is 13.0. The van der Waals surface area contributed by atoms with E-state index in [4.69, 9.17) is 18.0 Å². The number of hydrogen-bond donors (Lipinski definition) is 2. The van der Waals surface area contributed by atoms with E-state index < -0.39 is 5.92 Å². The minimum atomic E-state index is -0.417. The van der Waals surface area contributed by atoms with Crippen LogP contribution in [0.4, 0.5) is 0 Å². The van der Waals surface area contributed by atoms with Crippen LogP contribution in [-0.4, -0.2) is 41.3 Å². The van der Waals surface area contributed by atoms with Crippen molar-refractivity contribution < 1.29 is 9.59 Å². The van der Waals surface area contributed by atoms with Crippen LogP contribution in [0.5, 0.6) is 0 Å². The third-order valence-corrected chi connectivity index (χ3v) is 3.87. The molecule has 0 saturated carbocycles. The molecule has 1 aliphatic rings. The molecule has 1 atom stereocenters. The maximum Gasteiger partial charge on any atom is 0.229 e. The number of rotatable bonds is 7. The number of amides is 2. The van der Waals surface area contributed by atoms with E-state index in [0.717, 1.165) is 32.4 Å². The second kappa shape index (κ2) is 8.89. The van der Waals surface area contributed by atoms with E-state index >= 15 is 0 Å². The van der Waals surface area contributed by atoms with Crippen molar-refractivity contribution in [3.05, 3.63) is 0 Å². The second-order valence-corrected chi connectivity index (χ2v) is 5.70. The number of thiocarbonyl (C=S) groups is 1. The number of piperidine rings is 1. The number of nitrogens with one attached hydrogen (secondary N) is 1. The normalized spacial score (nSPS) is 16.6. The summed E-state index contributed by atoms with van der Waals surface area (Å²) in [5.41, 5.74) is 5.57. The van der Waals surface area contributed by atoms with Gasteiger partial charge in [0, 0.05) is 26.1 Å². The van der Waals surface area contributed by atoms with Crippen LogP contribution in [0.1, 0.15) is 45.4 Å². The molecule has 1 fully saturated rings. The van der Waals surface area contributed by atoms with Gasteiger partial charge in [0.1, 0.15) is 0 Å². The molecule has 1 unspecified atom stereocenters. The lowest BCUT2D eigenvalue weighted by Crippen LogP contribution is -2.41. The van der Waals surface area contributed by atoms with Gasteiger partial charge in [-0.15, -0.1) is 0 Å². The minimum Gasteiger partial charge on any atom is -0.393 e. The highest BCUT2D eigenvalue weighted by Gasteiger charge is 2.21. The summed E-state index contributed by atoms with van der Waals surface area (Å²) in [7, 11) is 0. The van der Waals surface area contributed by atoms with Crippen LogP contribution in [0.25, 0.3) is 0 Å². The first kappa shape index (κ1) is 16.9. The SMILES string of the molecule is CCCC(C(=O)NCCC(=O)N1CCCCC1)C(N)=S. The van der Waals surface area contributed by atoms with Crippen molar-refractivity contribution >= 4 is 29.0 Å². The molecule has 0 aromatic carbocycles. The third-order valence-electron chi connectivity index (χ3n) is 3.58. The summed E-state index contributed by atoms with van der Waals surface area (Å²) in [6, 6.07) is 0. The van der Waals surface area contributed by atoms with Crippen LogP contribution in [0, 0.1) is 5.92 Å². The van der Waals surface area contributed by atoms with E-state index in [2.05, 4.69) is 5.32 Å². The van der Waals surface area contributed by atoms with Gasteiger partial charge < -0.3 is 16.0 Å². The molecule has 20 heavy (non-hydrogen) atoms. The fraction of sp³-hybridized carbons (Fsp3) is 0.786. The van der Waals surface area contributed by atoms with E-state index in [0.29, 0.717) is 19.4 Å². The Balaban J connectivity index is 2.29. The van der Waals surface area contributed by atoms with Crippen LogP contribution in [0.15, 0.2) is 0 Å². The maximum atomic E-state index is 11.9. The Morgan fingerprint density at radius 1 is 1.30 bits per heavy atom. The number of nitrogens with two attached hydrogens (primary N) is 1. The Labute approximate surface area is 126 Å². The molecule has 5 nitrogen and oxygen atoms in total. The van der Waals surface area contributed by atoms with Crippen molar-refractivity contribution in [2.24, 2.45) is 11.7 Å². The monoisotopic (exact) mass is 299 g/mol. The quantitative estimate of drug-likeness (QED) is 0.693. The largest absolute Gasteiger partial charge is 0.393 e. The summed E-state index contributed by atoms with van der Waals surface area (Å²) in [5, 5.41) is 2.76. The highest BCUT2D eigenvalue weighted by atomic mass is 32.1. The molecule has 0 aliphatic carbocycles. The fourth-order valence-corrected chi connectivity index (χ4v) is 2.63. The average molecular weight is 299 g/mol. The van der Waals surface area contributed by atoms with E-state index in [1.807, 2.05) is 11.8 Å². The average Bonchev–Trinajstić information content (AvgIpc) is 2.45. The smallest absolute Gasteiger partial charge is 0.229 e. The number of nitrogens with zero attached hydrogens (tertiary/aromatic N) is 1. The molecule has 0 aromatic rings. The molecule has 1 rings (SSSR count). The number of carbonyl (C=O) groups excluding carboxylic acids is 2. The van der Waals surface area contributed by atoms with Gasteiger partial charge in [-0.1, -0.05) is 25.6 Å². The summed E-state index contributed by atoms with van der Waals surface area (Å²) < 4.78 is 0. The predicted molar refractivity (Wildman–Crippen MR) is 83.2 cm³/mol. The summed E-state index contributed by atoms with van der Waals surface area (Å²) in [5.74, 6) is -0.460. The lowest BCUT2D eigenvalue weighted by Gasteiger charge is -2.26. The lowest BCUT2D eigenvalue weighted by molar-refractivity contribution is -0.132. The van der Waals surface area contributed by atoms with Crippen molar-refractivity contribution in [2.45, 2.75) is 45.4 Å². The first-order valence-electron chi connectivity index (χ1n) is 7.41. The maximum absolute atomic E-state index is 11.9. The van der Waals surface area contributed by atoms with Gasteiger partial charge in [-0.2, -0.15) is 0 Å². The summed E-state index contributed by atoms with van der Waals surface area (Å²) in [6.07, 6.45) is 5.22. The minimum absolute atomic E-state index is 0.118. The van der Waals surface area contributed by atoms with Gasteiger partial charge in [0.2, 0.25) is 11.8 Å². The molecule has 0 bridgehead atoms. The van der Waals surface area contributed by atoms with Gasteiger partial charge in [-0.3, -0.25) is 9.59 Å². The van der Waals surface area contributed by atoms with Gasteiger partial charge in [-0.05, 0) is 25.7 Å². The van der Waals surface area contributed by atoms with Crippen molar-refractivity contribution in [1.29, 1.82) is 0 Å². The van der Waals surface area contributed by atoms with E-state index in [9.17, 15) is 9.59 Å². The molecule has 2 amide bonds. The van der Waals surface area contributed by atoms with Crippen molar-refractivity contribution in [3.8, 4) is 0 Å². The molecule has 0 aromatic heterocycles. The Morgan fingerprint density at radius 2 is 1.95 bits per heavy atom. The molecule has 1 heterocycles. The molecular weight excluding hydrogens is 274 g/mol. The first-order valence-corrected chi connectivity index (χ1v) is 7.82. The predicted octanol–water partition coefficient (Wildman–Crippen LogP) is 1.21. The van der Waals surface area contributed by atoms with Gasteiger partial charge in [-0.25, -0.2) is 0 Å². The van der Waals surface area contributed by atoms with Crippen LogP contribution in [0.3, 0.4) is 0 Å². The van der Waals surface area contributed by atoms with Crippen molar-refractivity contribution in [2.75, 3.05) is 19.6 Å². The lowest BCUT2D eigenvalue weighted by atomic mass is 10.0. The second-order valence-electron chi connectivity index (χ2n) is 5.23. The van der Waals surface area contributed by atoms with Gasteiger partial charge in [0.25, 0.3) is 0 Å². The standard InChI is InChI=1S/C14H25N3O2S/c1-2-6-11(13(15)20)14(19)16-8-7-12(18)17-9-4-3-5-10-17/h11H,2-10H2,1H3,(H2,15,20)(H,16,19). The van der Waals surface area contributed by atoms with E-state index in [1.165, 1.54) is 6.42 Å². The van der Waals surface area contributed by atoms with Gasteiger partial charge >= 0.3 is 0 Å². The Kier molecular flexibility index (Phi) is 7.51. The van der Waals surface area contributed by atoms with Crippen molar-refractivity contribution in [1.82, 2.24) is 10.2 Å². The number of carbonyl (C=O) groups is 2. The molecule has 1 aliphatic heterocycles. The van der Waals surface area contributed by atoms with Crippen LogP contribution in [0.2, 0.25) is 0 Å². The summed E-state index contributed by atoms with van der Waals surface area (Å²) >= 11 is 4.90. The number of likely N-dealkylation sites (tertiary alicyclic amines) is 1. The molecule has 3 N–H and O–H groups in total. The van der Waals surface area contributed by atoms with Gasteiger partial charge in [0.05, 0.1) is 10.9 Å². The van der Waals surface area contributed by atoms with Gasteiger partial charge in [0.15, 0.2) is 0 Å². The Morgan fingerprint density at radius 3 is 2.50 bits per heavy atom. The van der Waals surface area contributed by atoms with Crippen molar-refractivity contribution in [3.63, 3.8) is 0 Å². The molecule has 0 radical (unpaired) electrons. The topological polar surface area (TPSA) is 75.4 Å². The molecule has 6 heteroatoms. The highest BCUT2D eigenvalue weighted by molar-refractivity contribution is 7.80. The zero-order chi connectivity index (χ0) is 15.0. The Hall–Kier alpha value is -1.17. The molecular formula is C14H25N3O2S. The summed E-state index contributed by atoms with van der Waals surface area (Å²) in [6.45, 7) is 4.03. The van der Waals surface area contributed by atoms with E-state index in [1.54, 1.807) is 0 Å². The van der Waals surface area contributed by atoms with Crippen LogP contribution >= 0.6 is 12.2 Å². The summed E-state index contributed by atoms with van der Waals surface area (Å²) in [4.78, 5) is 26.0. The molecule has 1 saturated heterocycles. The molecule has 114 valence electrons. The van der Waals surface area contributed by atoms with E-state index in [-0.39, 0.29) is 16.8 Å². The van der Waals surface area contributed by atoms with Crippen LogP contribution in [-0.2, 0) is 9.59 Å². The fourth-order valence-electron chi connectivity index (χ4n) is 2.41.